The first-order chi connectivity index (χ1) is 12.7. The standard InChI is InChI=1S/C18H17N3O5/c1-23-13-6-3-5-12(15(13)24-2)18(22)21-9-11(10-21)17-19-16(20-26-17)14-7-4-8-25-14/h3-8,11H,9-10H2,1-2H3. The van der Waals surface area contributed by atoms with Gasteiger partial charge in [0.05, 0.1) is 32.0 Å². The Labute approximate surface area is 149 Å². The van der Waals surface area contributed by atoms with E-state index in [1.165, 1.54) is 14.2 Å². The van der Waals surface area contributed by atoms with Crippen molar-refractivity contribution >= 4 is 5.91 Å². The SMILES string of the molecule is COc1cccc(C(=O)N2CC(c3nc(-c4ccco4)no3)C2)c1OC. The number of hydrogen-bond acceptors (Lipinski definition) is 7. The first kappa shape index (κ1) is 16.2. The number of nitrogens with zero attached hydrogens (tertiary/aromatic N) is 3. The number of ether oxygens (including phenoxy) is 2. The van der Waals surface area contributed by atoms with Crippen LogP contribution in [0, 0.1) is 0 Å². The second-order valence-corrected chi connectivity index (χ2v) is 5.88. The number of carbonyl (C=O) groups is 1. The van der Waals surface area contributed by atoms with E-state index in [2.05, 4.69) is 10.1 Å². The number of hydrogen-bond donors (Lipinski definition) is 0. The first-order valence-corrected chi connectivity index (χ1v) is 8.09. The molecule has 2 aromatic heterocycles. The number of methoxy groups -OCH3 is 2. The molecule has 3 aromatic rings. The van der Waals surface area contributed by atoms with Crippen LogP contribution >= 0.6 is 0 Å². The van der Waals surface area contributed by atoms with E-state index < -0.39 is 0 Å². The number of para-hydroxylation sites is 1. The summed E-state index contributed by atoms with van der Waals surface area (Å²) in [7, 11) is 3.06. The molecule has 0 aliphatic carbocycles. The van der Waals surface area contributed by atoms with Gasteiger partial charge in [-0.15, -0.1) is 0 Å². The third-order valence-electron chi connectivity index (χ3n) is 4.33. The Morgan fingerprint density at radius 2 is 2.04 bits per heavy atom. The third-order valence-corrected chi connectivity index (χ3v) is 4.33. The Hall–Kier alpha value is -3.29. The summed E-state index contributed by atoms with van der Waals surface area (Å²) in [5.74, 6) is 2.29. The normalized spacial score (nSPS) is 14.2. The monoisotopic (exact) mass is 355 g/mol. The lowest BCUT2D eigenvalue weighted by Gasteiger charge is -2.37. The fourth-order valence-electron chi connectivity index (χ4n) is 2.93. The molecule has 26 heavy (non-hydrogen) atoms. The molecule has 1 aromatic carbocycles. The summed E-state index contributed by atoms with van der Waals surface area (Å²) in [4.78, 5) is 18.8. The van der Waals surface area contributed by atoms with Gasteiger partial charge in [0.1, 0.15) is 0 Å². The van der Waals surface area contributed by atoms with Crippen LogP contribution in [0.1, 0.15) is 22.2 Å². The van der Waals surface area contributed by atoms with E-state index in [4.69, 9.17) is 18.4 Å². The van der Waals surface area contributed by atoms with Crippen molar-refractivity contribution in [2.75, 3.05) is 27.3 Å². The Balaban J connectivity index is 1.46. The number of furan rings is 1. The second-order valence-electron chi connectivity index (χ2n) is 5.88. The van der Waals surface area contributed by atoms with Gasteiger partial charge in [-0.2, -0.15) is 4.98 Å². The van der Waals surface area contributed by atoms with Gasteiger partial charge < -0.3 is 23.3 Å². The molecule has 0 saturated carbocycles. The number of likely N-dealkylation sites (tertiary alicyclic amines) is 1. The van der Waals surface area contributed by atoms with Gasteiger partial charge in [0, 0.05) is 13.1 Å². The van der Waals surface area contributed by atoms with Crippen LogP contribution in [0.3, 0.4) is 0 Å². The zero-order valence-electron chi connectivity index (χ0n) is 14.3. The Morgan fingerprint density at radius 1 is 1.19 bits per heavy atom. The maximum absolute atomic E-state index is 12.8. The molecule has 0 spiro atoms. The van der Waals surface area contributed by atoms with Crippen molar-refractivity contribution in [3.05, 3.63) is 48.0 Å². The number of carbonyl (C=O) groups excluding carboxylic acids is 1. The van der Waals surface area contributed by atoms with Crippen LogP contribution in [-0.2, 0) is 0 Å². The number of benzene rings is 1. The average molecular weight is 355 g/mol. The van der Waals surface area contributed by atoms with Crippen LogP contribution in [0.5, 0.6) is 11.5 Å². The lowest BCUT2D eigenvalue weighted by atomic mass is 9.98. The van der Waals surface area contributed by atoms with Crippen molar-refractivity contribution in [1.82, 2.24) is 15.0 Å². The zero-order valence-corrected chi connectivity index (χ0v) is 14.3. The highest BCUT2D eigenvalue weighted by atomic mass is 16.5. The number of aromatic nitrogens is 2. The number of amides is 1. The summed E-state index contributed by atoms with van der Waals surface area (Å²) in [6, 6.07) is 8.76. The van der Waals surface area contributed by atoms with Crippen molar-refractivity contribution in [2.24, 2.45) is 0 Å². The molecule has 8 nitrogen and oxygen atoms in total. The summed E-state index contributed by atoms with van der Waals surface area (Å²) in [6.45, 7) is 0.998. The molecule has 4 rings (SSSR count). The van der Waals surface area contributed by atoms with E-state index in [1.54, 1.807) is 41.5 Å². The summed E-state index contributed by atoms with van der Waals surface area (Å²) in [5, 5.41) is 3.92. The van der Waals surface area contributed by atoms with Gasteiger partial charge in [-0.1, -0.05) is 11.2 Å². The van der Waals surface area contributed by atoms with Gasteiger partial charge in [0.15, 0.2) is 17.3 Å². The minimum atomic E-state index is -0.122. The maximum atomic E-state index is 12.8. The predicted octanol–water partition coefficient (Wildman–Crippen LogP) is 2.59. The highest BCUT2D eigenvalue weighted by Crippen LogP contribution is 2.34. The van der Waals surface area contributed by atoms with Crippen LogP contribution in [0.15, 0.2) is 45.5 Å². The van der Waals surface area contributed by atoms with E-state index in [0.29, 0.717) is 47.6 Å². The maximum Gasteiger partial charge on any atom is 0.257 e. The predicted molar refractivity (Wildman–Crippen MR) is 90.2 cm³/mol. The fourth-order valence-corrected chi connectivity index (χ4v) is 2.93. The zero-order chi connectivity index (χ0) is 18.1. The third kappa shape index (κ3) is 2.69. The summed E-state index contributed by atoms with van der Waals surface area (Å²) >= 11 is 0. The summed E-state index contributed by atoms with van der Waals surface area (Å²) < 4.78 is 21.1. The van der Waals surface area contributed by atoms with Crippen molar-refractivity contribution < 1.29 is 23.2 Å². The van der Waals surface area contributed by atoms with Gasteiger partial charge in [0.2, 0.25) is 11.7 Å². The molecule has 0 bridgehead atoms. The van der Waals surface area contributed by atoms with Crippen molar-refractivity contribution in [1.29, 1.82) is 0 Å². The Bertz CT molecular complexity index is 913. The van der Waals surface area contributed by atoms with E-state index in [-0.39, 0.29) is 11.8 Å². The van der Waals surface area contributed by atoms with Crippen LogP contribution < -0.4 is 9.47 Å². The quantitative estimate of drug-likeness (QED) is 0.695. The Morgan fingerprint density at radius 3 is 2.73 bits per heavy atom. The largest absolute Gasteiger partial charge is 0.493 e. The van der Waals surface area contributed by atoms with Crippen LogP contribution in [0.4, 0.5) is 0 Å². The average Bonchev–Trinajstić information content (AvgIpc) is 3.31. The van der Waals surface area contributed by atoms with Gasteiger partial charge >= 0.3 is 0 Å². The molecule has 134 valence electrons. The topological polar surface area (TPSA) is 90.8 Å². The fraction of sp³-hybridized carbons (Fsp3) is 0.278. The second kappa shape index (κ2) is 6.55. The van der Waals surface area contributed by atoms with Crippen LogP contribution in [0.25, 0.3) is 11.6 Å². The molecule has 1 aliphatic heterocycles. The van der Waals surface area contributed by atoms with Crippen LogP contribution in [0.2, 0.25) is 0 Å². The lowest BCUT2D eigenvalue weighted by molar-refractivity contribution is 0.0565. The molecular weight excluding hydrogens is 338 g/mol. The molecule has 0 atom stereocenters. The van der Waals surface area contributed by atoms with E-state index in [9.17, 15) is 4.79 Å². The number of rotatable bonds is 5. The van der Waals surface area contributed by atoms with Crippen molar-refractivity contribution in [2.45, 2.75) is 5.92 Å². The molecular formula is C18H17N3O5. The van der Waals surface area contributed by atoms with Gasteiger partial charge in [-0.3, -0.25) is 4.79 Å². The molecule has 3 heterocycles. The first-order valence-electron chi connectivity index (χ1n) is 8.09. The highest BCUT2D eigenvalue weighted by molar-refractivity contribution is 5.98. The molecule has 8 heteroatoms. The Kier molecular flexibility index (Phi) is 4.08. The van der Waals surface area contributed by atoms with Crippen molar-refractivity contribution in [3.63, 3.8) is 0 Å². The molecule has 0 unspecified atom stereocenters. The van der Waals surface area contributed by atoms with Crippen LogP contribution in [-0.4, -0.2) is 48.3 Å². The van der Waals surface area contributed by atoms with Gasteiger partial charge in [-0.05, 0) is 24.3 Å². The smallest absolute Gasteiger partial charge is 0.257 e. The minimum Gasteiger partial charge on any atom is -0.493 e. The van der Waals surface area contributed by atoms with E-state index in [0.717, 1.165) is 0 Å². The van der Waals surface area contributed by atoms with E-state index >= 15 is 0 Å². The lowest BCUT2D eigenvalue weighted by Crippen LogP contribution is -2.48. The molecule has 1 fully saturated rings. The van der Waals surface area contributed by atoms with Gasteiger partial charge in [0.25, 0.3) is 5.91 Å². The summed E-state index contributed by atoms with van der Waals surface area (Å²) in [5.41, 5.74) is 0.465. The molecule has 1 aliphatic rings. The van der Waals surface area contributed by atoms with Gasteiger partial charge in [-0.25, -0.2) is 0 Å². The highest BCUT2D eigenvalue weighted by Gasteiger charge is 2.37. The van der Waals surface area contributed by atoms with Crippen molar-refractivity contribution in [3.8, 4) is 23.1 Å². The molecule has 0 radical (unpaired) electrons. The molecule has 1 saturated heterocycles. The minimum absolute atomic E-state index is 0.00626. The molecule has 1 amide bonds. The summed E-state index contributed by atoms with van der Waals surface area (Å²) in [6.07, 6.45) is 1.55. The molecule has 0 N–H and O–H groups in total. The van der Waals surface area contributed by atoms with E-state index in [1.807, 2.05) is 0 Å².